The summed E-state index contributed by atoms with van der Waals surface area (Å²) < 4.78 is 43.0. The molecule has 6 heteroatoms. The molecule has 1 heterocycles. The normalized spacial score (nSPS) is 11.4. The third-order valence-corrected chi connectivity index (χ3v) is 2.80. The third-order valence-electron chi connectivity index (χ3n) is 2.80. The molecule has 0 saturated carbocycles. The van der Waals surface area contributed by atoms with Crippen LogP contribution in [0.1, 0.15) is 11.3 Å². The maximum Gasteiger partial charge on any atom is 0.416 e. The zero-order valence-corrected chi connectivity index (χ0v) is 10.8. The number of methoxy groups -OCH3 is 1. The number of aromatic amines is 1. The van der Waals surface area contributed by atoms with E-state index in [1.54, 1.807) is 6.92 Å². The number of halogens is 3. The number of aromatic nitrogens is 1. The largest absolute Gasteiger partial charge is 0.496 e. The molecule has 20 heavy (non-hydrogen) atoms. The molecule has 2 rings (SSSR count). The molecule has 0 saturated heterocycles. The van der Waals surface area contributed by atoms with Crippen LogP contribution in [-0.4, -0.2) is 12.1 Å². The summed E-state index contributed by atoms with van der Waals surface area (Å²) in [4.78, 5) is 14.4. The fraction of sp³-hybridized carbons (Fsp3) is 0.214. The van der Waals surface area contributed by atoms with Gasteiger partial charge in [-0.2, -0.15) is 13.2 Å². The Morgan fingerprint density at radius 2 is 1.85 bits per heavy atom. The zero-order chi connectivity index (χ0) is 14.9. The third kappa shape index (κ3) is 2.84. The number of H-pyrrole nitrogens is 1. The molecule has 0 aliphatic heterocycles. The van der Waals surface area contributed by atoms with Crippen molar-refractivity contribution in [3.05, 3.63) is 51.8 Å². The van der Waals surface area contributed by atoms with Gasteiger partial charge in [0.15, 0.2) is 5.43 Å². The van der Waals surface area contributed by atoms with Crippen LogP contribution in [0.5, 0.6) is 5.75 Å². The van der Waals surface area contributed by atoms with Gasteiger partial charge in [-0.05, 0) is 25.1 Å². The summed E-state index contributed by atoms with van der Waals surface area (Å²) in [5.41, 5.74) is 0.419. The lowest BCUT2D eigenvalue weighted by Crippen LogP contribution is -2.06. The van der Waals surface area contributed by atoms with E-state index in [0.29, 0.717) is 17.0 Å². The topological polar surface area (TPSA) is 42.1 Å². The molecule has 3 nitrogen and oxygen atoms in total. The van der Waals surface area contributed by atoms with Crippen LogP contribution in [-0.2, 0) is 6.18 Å². The summed E-state index contributed by atoms with van der Waals surface area (Å²) in [5, 5.41) is 0. The van der Waals surface area contributed by atoms with E-state index in [4.69, 9.17) is 4.74 Å². The van der Waals surface area contributed by atoms with Crippen molar-refractivity contribution in [1.82, 2.24) is 4.98 Å². The SMILES string of the molecule is COc1cc(C(F)(F)F)ccc1-c1cc(=O)cc(C)[nH]1. The van der Waals surface area contributed by atoms with E-state index in [9.17, 15) is 18.0 Å². The van der Waals surface area contributed by atoms with Crippen molar-refractivity contribution in [2.24, 2.45) is 0 Å². The average molecular weight is 283 g/mol. The van der Waals surface area contributed by atoms with Crippen LogP contribution in [0, 0.1) is 6.92 Å². The molecule has 2 aromatic rings. The molecule has 0 spiro atoms. The molecule has 1 aromatic heterocycles. The van der Waals surface area contributed by atoms with Gasteiger partial charge >= 0.3 is 6.18 Å². The number of ether oxygens (including phenoxy) is 1. The van der Waals surface area contributed by atoms with Crippen LogP contribution in [0.15, 0.2) is 35.1 Å². The predicted octanol–water partition coefficient (Wildman–Crippen LogP) is 3.38. The van der Waals surface area contributed by atoms with Gasteiger partial charge in [0.05, 0.1) is 18.4 Å². The van der Waals surface area contributed by atoms with E-state index < -0.39 is 11.7 Å². The summed E-state index contributed by atoms with van der Waals surface area (Å²) in [6.45, 7) is 1.70. The van der Waals surface area contributed by atoms with E-state index in [1.807, 2.05) is 0 Å². The highest BCUT2D eigenvalue weighted by Gasteiger charge is 2.31. The Bertz CT molecular complexity index is 690. The Morgan fingerprint density at radius 3 is 2.40 bits per heavy atom. The summed E-state index contributed by atoms with van der Waals surface area (Å²) >= 11 is 0. The van der Waals surface area contributed by atoms with Gasteiger partial charge in [-0.1, -0.05) is 0 Å². The molecule has 0 amide bonds. The van der Waals surface area contributed by atoms with E-state index >= 15 is 0 Å². The molecule has 0 bridgehead atoms. The lowest BCUT2D eigenvalue weighted by Gasteiger charge is -2.13. The number of nitrogens with one attached hydrogen (secondary N) is 1. The minimum absolute atomic E-state index is 0.0566. The smallest absolute Gasteiger partial charge is 0.416 e. The number of alkyl halides is 3. The standard InChI is InChI=1S/C14H12F3NO2/c1-8-5-10(19)7-12(18-8)11-4-3-9(14(15,16)17)6-13(11)20-2/h3-7H,1-2H3,(H,18,19). The number of rotatable bonds is 2. The van der Waals surface area contributed by atoms with E-state index in [1.165, 1.54) is 25.3 Å². The van der Waals surface area contributed by atoms with Gasteiger partial charge in [-0.25, -0.2) is 0 Å². The highest BCUT2D eigenvalue weighted by molar-refractivity contribution is 5.68. The maximum atomic E-state index is 12.7. The quantitative estimate of drug-likeness (QED) is 0.918. The molecule has 0 fully saturated rings. The number of hydrogen-bond acceptors (Lipinski definition) is 2. The fourth-order valence-electron chi connectivity index (χ4n) is 1.92. The average Bonchev–Trinajstić information content (AvgIpc) is 2.35. The first kappa shape index (κ1) is 14.2. The second-order valence-electron chi connectivity index (χ2n) is 4.33. The molecular weight excluding hydrogens is 271 g/mol. The Hall–Kier alpha value is -2.24. The van der Waals surface area contributed by atoms with Crippen LogP contribution < -0.4 is 10.2 Å². The van der Waals surface area contributed by atoms with Gasteiger partial charge in [-0.3, -0.25) is 4.79 Å². The van der Waals surface area contributed by atoms with Gasteiger partial charge in [0, 0.05) is 23.4 Å². The van der Waals surface area contributed by atoms with Gasteiger partial charge in [0.2, 0.25) is 0 Å². The van der Waals surface area contributed by atoms with E-state index in [-0.39, 0.29) is 11.2 Å². The summed E-state index contributed by atoms with van der Waals surface area (Å²) in [7, 11) is 1.28. The Balaban J connectivity index is 2.60. The van der Waals surface area contributed by atoms with Crippen LogP contribution in [0.3, 0.4) is 0 Å². The first-order chi connectivity index (χ1) is 9.31. The first-order valence-electron chi connectivity index (χ1n) is 5.78. The number of benzene rings is 1. The van der Waals surface area contributed by atoms with Gasteiger partial charge < -0.3 is 9.72 Å². The molecule has 0 aliphatic carbocycles. The van der Waals surface area contributed by atoms with Crippen LogP contribution in [0.25, 0.3) is 11.3 Å². The molecule has 106 valence electrons. The Labute approximate surface area is 113 Å². The van der Waals surface area contributed by atoms with Crippen molar-refractivity contribution in [3.8, 4) is 17.0 Å². The number of pyridine rings is 1. The molecule has 0 radical (unpaired) electrons. The second kappa shape index (κ2) is 5.03. The van der Waals surface area contributed by atoms with E-state index in [2.05, 4.69) is 4.98 Å². The molecule has 0 aliphatic rings. The van der Waals surface area contributed by atoms with Gasteiger partial charge in [0.25, 0.3) is 0 Å². The van der Waals surface area contributed by atoms with Gasteiger partial charge in [-0.15, -0.1) is 0 Å². The Morgan fingerprint density at radius 1 is 1.15 bits per heavy atom. The van der Waals surface area contributed by atoms with Crippen molar-refractivity contribution >= 4 is 0 Å². The van der Waals surface area contributed by atoms with Crippen LogP contribution in [0.2, 0.25) is 0 Å². The number of hydrogen-bond donors (Lipinski definition) is 1. The zero-order valence-electron chi connectivity index (χ0n) is 10.8. The van der Waals surface area contributed by atoms with Crippen LogP contribution in [0.4, 0.5) is 13.2 Å². The van der Waals surface area contributed by atoms with Gasteiger partial charge in [0.1, 0.15) is 5.75 Å². The minimum Gasteiger partial charge on any atom is -0.496 e. The molecule has 1 N–H and O–H groups in total. The monoisotopic (exact) mass is 283 g/mol. The highest BCUT2D eigenvalue weighted by atomic mass is 19.4. The Kier molecular flexibility index (Phi) is 3.57. The van der Waals surface area contributed by atoms with Crippen molar-refractivity contribution in [1.29, 1.82) is 0 Å². The van der Waals surface area contributed by atoms with Crippen molar-refractivity contribution in [2.75, 3.05) is 7.11 Å². The summed E-state index contributed by atoms with van der Waals surface area (Å²) in [6.07, 6.45) is -4.44. The lowest BCUT2D eigenvalue weighted by atomic mass is 10.1. The first-order valence-corrected chi connectivity index (χ1v) is 5.78. The van der Waals surface area contributed by atoms with Crippen molar-refractivity contribution in [2.45, 2.75) is 13.1 Å². The summed E-state index contributed by atoms with van der Waals surface area (Å²) in [5.74, 6) is 0.0566. The summed E-state index contributed by atoms with van der Waals surface area (Å²) in [6, 6.07) is 5.87. The maximum absolute atomic E-state index is 12.7. The van der Waals surface area contributed by atoms with E-state index in [0.717, 1.165) is 12.1 Å². The van der Waals surface area contributed by atoms with Crippen molar-refractivity contribution in [3.63, 3.8) is 0 Å². The predicted molar refractivity (Wildman–Crippen MR) is 68.8 cm³/mol. The minimum atomic E-state index is -4.44. The fourth-order valence-corrected chi connectivity index (χ4v) is 1.92. The second-order valence-corrected chi connectivity index (χ2v) is 4.33. The van der Waals surface area contributed by atoms with Crippen molar-refractivity contribution < 1.29 is 17.9 Å². The lowest BCUT2D eigenvalue weighted by molar-refractivity contribution is -0.137. The molecule has 1 aromatic carbocycles. The number of aryl methyl sites for hydroxylation is 1. The molecule has 0 unspecified atom stereocenters. The van der Waals surface area contributed by atoms with Crippen LogP contribution >= 0.6 is 0 Å². The molecule has 0 atom stereocenters. The molecular formula is C14H12F3NO2. The highest BCUT2D eigenvalue weighted by Crippen LogP contribution is 2.36.